The first-order valence-electron chi connectivity index (χ1n) is 12.1. The monoisotopic (exact) mass is 424 g/mol. The van der Waals surface area contributed by atoms with Crippen LogP contribution in [0.2, 0.25) is 0 Å². The van der Waals surface area contributed by atoms with Crippen LogP contribution in [-0.2, 0) is 6.54 Å². The highest BCUT2D eigenvalue weighted by Gasteiger charge is 2.38. The molecule has 2 aliphatic rings. The summed E-state index contributed by atoms with van der Waals surface area (Å²) in [5, 5.41) is 2.64. The van der Waals surface area contributed by atoms with Gasteiger partial charge in [0.2, 0.25) is 0 Å². The number of nitrogens with zero attached hydrogens (tertiary/aromatic N) is 3. The number of likely N-dealkylation sites (tertiary alicyclic amines) is 1. The van der Waals surface area contributed by atoms with E-state index in [4.69, 9.17) is 4.98 Å². The van der Waals surface area contributed by atoms with E-state index in [1.165, 1.54) is 66.2 Å². The van der Waals surface area contributed by atoms with E-state index < -0.39 is 0 Å². The Morgan fingerprint density at radius 3 is 2.59 bits per heavy atom. The number of rotatable bonds is 3. The first-order chi connectivity index (χ1) is 15.7. The van der Waals surface area contributed by atoms with E-state index in [0.717, 1.165) is 31.0 Å². The fraction of sp³-hybridized carbons (Fsp3) is 0.393. The van der Waals surface area contributed by atoms with Gasteiger partial charge in [-0.3, -0.25) is 4.90 Å². The molecule has 164 valence electrons. The van der Waals surface area contributed by atoms with Crippen LogP contribution in [0.4, 0.5) is 5.82 Å². The minimum absolute atomic E-state index is 0.465. The van der Waals surface area contributed by atoms with Crippen molar-refractivity contribution in [2.75, 3.05) is 31.1 Å². The van der Waals surface area contributed by atoms with Crippen LogP contribution in [0.3, 0.4) is 0 Å². The largest absolute Gasteiger partial charge is 0.361 e. The van der Waals surface area contributed by atoms with Crippen LogP contribution < -0.4 is 4.90 Å². The maximum Gasteiger partial charge on any atom is 0.129 e. The van der Waals surface area contributed by atoms with E-state index >= 15 is 0 Å². The van der Waals surface area contributed by atoms with Gasteiger partial charge in [0.15, 0.2) is 0 Å². The van der Waals surface area contributed by atoms with E-state index in [1.807, 2.05) is 0 Å². The number of fused-ring (bicyclic) bond motifs is 2. The SMILES string of the molecule is Cc1cc(N2CCC3(CCCN(Cc4c[nH]c5ccccc45)C3)CC2)nc2ccccc12. The summed E-state index contributed by atoms with van der Waals surface area (Å²) in [6.07, 6.45) is 7.43. The summed E-state index contributed by atoms with van der Waals surface area (Å²) < 4.78 is 0. The van der Waals surface area contributed by atoms with Crippen LogP contribution in [0, 0.1) is 12.3 Å². The lowest BCUT2D eigenvalue weighted by molar-refractivity contribution is 0.0607. The zero-order valence-electron chi connectivity index (χ0n) is 19.0. The summed E-state index contributed by atoms with van der Waals surface area (Å²) >= 11 is 0. The van der Waals surface area contributed by atoms with Gasteiger partial charge in [-0.1, -0.05) is 36.4 Å². The fourth-order valence-electron chi connectivity index (χ4n) is 6.06. The van der Waals surface area contributed by atoms with Crippen LogP contribution in [0.15, 0.2) is 60.8 Å². The molecule has 0 atom stereocenters. The molecule has 2 aromatic carbocycles. The number of H-pyrrole nitrogens is 1. The lowest BCUT2D eigenvalue weighted by Crippen LogP contribution is -2.49. The van der Waals surface area contributed by atoms with Crippen molar-refractivity contribution in [1.29, 1.82) is 0 Å². The van der Waals surface area contributed by atoms with Crippen LogP contribution in [0.1, 0.15) is 36.8 Å². The Morgan fingerprint density at radius 2 is 1.72 bits per heavy atom. The van der Waals surface area contributed by atoms with Gasteiger partial charge < -0.3 is 9.88 Å². The average molecular weight is 425 g/mol. The van der Waals surface area contributed by atoms with E-state index in [-0.39, 0.29) is 0 Å². The van der Waals surface area contributed by atoms with Gasteiger partial charge in [-0.15, -0.1) is 0 Å². The topological polar surface area (TPSA) is 35.2 Å². The number of aromatic amines is 1. The molecule has 2 saturated heterocycles. The molecular formula is C28H32N4. The molecule has 2 aromatic heterocycles. The molecule has 0 saturated carbocycles. The molecule has 4 heteroatoms. The van der Waals surface area contributed by atoms with Crippen molar-refractivity contribution in [1.82, 2.24) is 14.9 Å². The number of anilines is 1. The van der Waals surface area contributed by atoms with Crippen molar-refractivity contribution >= 4 is 27.6 Å². The molecule has 0 amide bonds. The van der Waals surface area contributed by atoms with Crippen LogP contribution in [-0.4, -0.2) is 41.0 Å². The molecule has 2 aliphatic heterocycles. The Kier molecular flexibility index (Phi) is 4.91. The van der Waals surface area contributed by atoms with Gasteiger partial charge in [0.25, 0.3) is 0 Å². The zero-order chi connectivity index (χ0) is 21.5. The molecule has 4 nitrogen and oxygen atoms in total. The number of hydrogen-bond donors (Lipinski definition) is 1. The third-order valence-electron chi connectivity index (χ3n) is 7.87. The number of hydrogen-bond acceptors (Lipinski definition) is 3. The molecule has 0 aliphatic carbocycles. The normalized spacial score (nSPS) is 19.2. The standard InChI is InChI=1S/C28H32N4/c1-21-17-27(30-26-10-5-2-7-23(21)26)32-15-12-28(13-16-32)11-6-14-31(20-28)19-22-18-29-25-9-4-3-8-24(22)25/h2-5,7-10,17-18,29H,6,11-16,19-20H2,1H3. The molecule has 0 unspecified atom stereocenters. The summed E-state index contributed by atoms with van der Waals surface area (Å²) in [7, 11) is 0. The number of aromatic nitrogens is 2. The molecular weight excluding hydrogens is 392 g/mol. The predicted octanol–water partition coefficient (Wildman–Crippen LogP) is 5.91. The minimum atomic E-state index is 0.465. The smallest absolute Gasteiger partial charge is 0.129 e. The Balaban J connectivity index is 1.15. The van der Waals surface area contributed by atoms with Crippen molar-refractivity contribution in [3.8, 4) is 0 Å². The number of pyridine rings is 1. The van der Waals surface area contributed by atoms with Gasteiger partial charge in [0.1, 0.15) is 5.82 Å². The Morgan fingerprint density at radius 1 is 0.938 bits per heavy atom. The molecule has 0 radical (unpaired) electrons. The van der Waals surface area contributed by atoms with Crippen LogP contribution >= 0.6 is 0 Å². The average Bonchev–Trinajstić information content (AvgIpc) is 3.22. The number of nitrogens with one attached hydrogen (secondary N) is 1. The highest BCUT2D eigenvalue weighted by Crippen LogP contribution is 2.41. The first kappa shape index (κ1) is 19.8. The van der Waals surface area contributed by atoms with Crippen molar-refractivity contribution in [3.05, 3.63) is 71.9 Å². The maximum atomic E-state index is 5.00. The highest BCUT2D eigenvalue weighted by atomic mass is 15.2. The molecule has 1 spiro atoms. The number of aryl methyl sites for hydroxylation is 1. The fourth-order valence-corrected chi connectivity index (χ4v) is 6.06. The van der Waals surface area contributed by atoms with Gasteiger partial charge in [0.05, 0.1) is 5.52 Å². The van der Waals surface area contributed by atoms with E-state index in [1.54, 1.807) is 0 Å². The Hall–Kier alpha value is -2.85. The number of benzene rings is 2. The van der Waals surface area contributed by atoms with E-state index in [0.29, 0.717) is 5.41 Å². The van der Waals surface area contributed by atoms with Gasteiger partial charge in [-0.25, -0.2) is 4.98 Å². The first-order valence-corrected chi connectivity index (χ1v) is 12.1. The third kappa shape index (κ3) is 3.57. The summed E-state index contributed by atoms with van der Waals surface area (Å²) in [5.41, 5.74) is 5.60. The van der Waals surface area contributed by atoms with Gasteiger partial charge in [-0.2, -0.15) is 0 Å². The Labute approximate surface area is 190 Å². The lowest BCUT2D eigenvalue weighted by atomic mass is 9.72. The maximum absolute atomic E-state index is 5.00. The van der Waals surface area contributed by atoms with E-state index in [9.17, 15) is 0 Å². The molecule has 1 N–H and O–H groups in total. The lowest BCUT2D eigenvalue weighted by Gasteiger charge is -2.48. The summed E-state index contributed by atoms with van der Waals surface area (Å²) in [5.74, 6) is 1.16. The van der Waals surface area contributed by atoms with Gasteiger partial charge in [0, 0.05) is 48.7 Å². The van der Waals surface area contributed by atoms with E-state index in [2.05, 4.69) is 82.5 Å². The van der Waals surface area contributed by atoms with Crippen LogP contribution in [0.25, 0.3) is 21.8 Å². The summed E-state index contributed by atoms with van der Waals surface area (Å²) in [4.78, 5) is 13.7. The Bertz CT molecular complexity index is 1250. The zero-order valence-corrected chi connectivity index (χ0v) is 19.0. The molecule has 6 rings (SSSR count). The quantitative estimate of drug-likeness (QED) is 0.444. The molecule has 2 fully saturated rings. The predicted molar refractivity (Wildman–Crippen MR) is 133 cm³/mol. The minimum Gasteiger partial charge on any atom is -0.361 e. The van der Waals surface area contributed by atoms with Crippen molar-refractivity contribution < 1.29 is 0 Å². The molecule has 4 aromatic rings. The highest BCUT2D eigenvalue weighted by molar-refractivity contribution is 5.84. The van der Waals surface area contributed by atoms with Crippen molar-refractivity contribution in [3.63, 3.8) is 0 Å². The second kappa shape index (κ2) is 7.93. The van der Waals surface area contributed by atoms with Crippen molar-refractivity contribution in [2.45, 2.75) is 39.2 Å². The third-order valence-corrected chi connectivity index (χ3v) is 7.87. The molecule has 0 bridgehead atoms. The number of piperidine rings is 2. The van der Waals surface area contributed by atoms with Crippen molar-refractivity contribution in [2.24, 2.45) is 5.41 Å². The van der Waals surface area contributed by atoms with Crippen LogP contribution in [0.5, 0.6) is 0 Å². The van der Waals surface area contributed by atoms with Gasteiger partial charge >= 0.3 is 0 Å². The molecule has 32 heavy (non-hydrogen) atoms. The number of para-hydroxylation sites is 2. The summed E-state index contributed by atoms with van der Waals surface area (Å²) in [6.45, 7) is 7.95. The molecule has 4 heterocycles. The summed E-state index contributed by atoms with van der Waals surface area (Å²) in [6, 6.07) is 19.5. The second-order valence-corrected chi connectivity index (χ2v) is 9.98. The second-order valence-electron chi connectivity index (χ2n) is 9.98. The van der Waals surface area contributed by atoms with Gasteiger partial charge in [-0.05, 0) is 73.9 Å².